The smallest absolute Gasteiger partial charge is 0.237 e. The van der Waals surface area contributed by atoms with Crippen molar-refractivity contribution in [2.24, 2.45) is 0 Å². The second kappa shape index (κ2) is 9.47. The lowest BCUT2D eigenvalue weighted by Gasteiger charge is -2.36. The molecule has 2 fully saturated rings. The van der Waals surface area contributed by atoms with Crippen molar-refractivity contribution < 1.29 is 19.0 Å². The summed E-state index contributed by atoms with van der Waals surface area (Å²) in [4.78, 5) is 20.2. The maximum atomic E-state index is 13.3. The third kappa shape index (κ3) is 4.46. The summed E-state index contributed by atoms with van der Waals surface area (Å²) in [6.07, 6.45) is 3.07. The number of benzene rings is 2. The number of amides is 1. The summed E-state index contributed by atoms with van der Waals surface area (Å²) in [6, 6.07) is 12.9. The zero-order valence-corrected chi connectivity index (χ0v) is 19.7. The fourth-order valence-electron chi connectivity index (χ4n) is 5.66. The highest BCUT2D eigenvalue weighted by atomic mass is 16.6. The van der Waals surface area contributed by atoms with Crippen molar-refractivity contribution in [3.8, 4) is 17.2 Å². The summed E-state index contributed by atoms with van der Waals surface area (Å²) in [5.41, 5.74) is 3.84. The number of nitrogens with zero attached hydrogens (tertiary/aromatic N) is 3. The number of piperazine rings is 1. The molecule has 2 aromatic carbocycles. The minimum absolute atomic E-state index is 0.133. The van der Waals surface area contributed by atoms with E-state index >= 15 is 0 Å². The topological polar surface area (TPSA) is 54.5 Å². The van der Waals surface area contributed by atoms with Gasteiger partial charge in [0.2, 0.25) is 5.91 Å². The van der Waals surface area contributed by atoms with Crippen molar-refractivity contribution in [3.05, 3.63) is 53.1 Å². The number of likely N-dealkylation sites (tertiary alicyclic amines) is 1. The highest BCUT2D eigenvalue weighted by Gasteiger charge is 2.32. The minimum Gasteiger partial charge on any atom is -0.493 e. The molecule has 1 amide bonds. The van der Waals surface area contributed by atoms with E-state index < -0.39 is 0 Å². The van der Waals surface area contributed by atoms with Crippen LogP contribution in [-0.4, -0.2) is 79.7 Å². The van der Waals surface area contributed by atoms with Crippen molar-refractivity contribution in [2.75, 3.05) is 59.1 Å². The fraction of sp³-hybridized carbons (Fsp3) is 0.519. The van der Waals surface area contributed by atoms with Gasteiger partial charge in [0.25, 0.3) is 0 Å². The summed E-state index contributed by atoms with van der Waals surface area (Å²) in [6.45, 7) is 8.13. The third-order valence-electron chi connectivity index (χ3n) is 7.51. The lowest BCUT2D eigenvalue weighted by Crippen LogP contribution is -2.49. The fourth-order valence-corrected chi connectivity index (χ4v) is 5.66. The molecule has 0 radical (unpaired) electrons. The van der Waals surface area contributed by atoms with Gasteiger partial charge in [-0.05, 0) is 47.7 Å². The van der Waals surface area contributed by atoms with Gasteiger partial charge in [-0.15, -0.1) is 0 Å². The first-order valence-corrected chi connectivity index (χ1v) is 12.6. The first-order valence-electron chi connectivity index (χ1n) is 12.6. The van der Waals surface area contributed by atoms with Gasteiger partial charge in [-0.3, -0.25) is 14.6 Å². The molecule has 7 heteroatoms. The molecule has 4 heterocycles. The molecule has 2 aromatic rings. The first-order chi connectivity index (χ1) is 16.7. The predicted molar refractivity (Wildman–Crippen MR) is 128 cm³/mol. The van der Waals surface area contributed by atoms with E-state index in [0.717, 1.165) is 87.9 Å². The monoisotopic (exact) mass is 463 g/mol. The summed E-state index contributed by atoms with van der Waals surface area (Å²) >= 11 is 0. The summed E-state index contributed by atoms with van der Waals surface area (Å²) < 4.78 is 17.1. The molecule has 0 spiro atoms. The Balaban J connectivity index is 1.03. The van der Waals surface area contributed by atoms with Gasteiger partial charge >= 0.3 is 0 Å². The molecule has 0 aliphatic carbocycles. The average Bonchev–Trinajstić information content (AvgIpc) is 3.54. The van der Waals surface area contributed by atoms with E-state index in [1.54, 1.807) is 0 Å². The number of carbonyl (C=O) groups is 1. The van der Waals surface area contributed by atoms with Crippen LogP contribution in [0.1, 0.15) is 35.6 Å². The van der Waals surface area contributed by atoms with Crippen molar-refractivity contribution in [1.29, 1.82) is 0 Å². The van der Waals surface area contributed by atoms with E-state index in [0.29, 0.717) is 19.8 Å². The highest BCUT2D eigenvalue weighted by Crippen LogP contribution is 2.38. The quantitative estimate of drug-likeness (QED) is 0.680. The molecule has 180 valence electrons. The molecule has 4 aliphatic rings. The van der Waals surface area contributed by atoms with Crippen LogP contribution in [0.2, 0.25) is 0 Å². The van der Waals surface area contributed by atoms with Crippen LogP contribution in [0.25, 0.3) is 0 Å². The highest BCUT2D eigenvalue weighted by molar-refractivity contribution is 5.79. The van der Waals surface area contributed by atoms with Gasteiger partial charge in [0, 0.05) is 45.7 Å². The van der Waals surface area contributed by atoms with Crippen molar-refractivity contribution >= 4 is 5.91 Å². The van der Waals surface area contributed by atoms with Gasteiger partial charge in [-0.2, -0.15) is 0 Å². The number of hydrogen-bond donors (Lipinski definition) is 0. The molecule has 7 nitrogen and oxygen atoms in total. The predicted octanol–water partition coefficient (Wildman–Crippen LogP) is 2.87. The van der Waals surface area contributed by atoms with Crippen LogP contribution in [0.4, 0.5) is 0 Å². The van der Waals surface area contributed by atoms with Crippen molar-refractivity contribution in [1.82, 2.24) is 14.7 Å². The van der Waals surface area contributed by atoms with Crippen LogP contribution in [-0.2, 0) is 17.8 Å². The van der Waals surface area contributed by atoms with E-state index in [-0.39, 0.29) is 11.9 Å². The second-order valence-electron chi connectivity index (χ2n) is 9.74. The van der Waals surface area contributed by atoms with Crippen LogP contribution >= 0.6 is 0 Å². The summed E-state index contributed by atoms with van der Waals surface area (Å²) in [7, 11) is 0. The SMILES string of the molecule is O=C(CN1CCN(Cc2ccc3c(c2)CCO3)CC1)N1CCC[C@@H]1c1ccc2c(c1)OCCO2. The number of rotatable bonds is 5. The van der Waals surface area contributed by atoms with Gasteiger partial charge in [0.15, 0.2) is 11.5 Å². The molecule has 4 aliphatic heterocycles. The number of carbonyl (C=O) groups excluding carboxylic acids is 1. The van der Waals surface area contributed by atoms with Gasteiger partial charge < -0.3 is 19.1 Å². The molecule has 1 atom stereocenters. The third-order valence-corrected chi connectivity index (χ3v) is 7.51. The van der Waals surface area contributed by atoms with Crippen LogP contribution in [0, 0.1) is 0 Å². The van der Waals surface area contributed by atoms with E-state index in [9.17, 15) is 4.79 Å². The molecule has 0 aromatic heterocycles. The molecule has 0 saturated carbocycles. The molecule has 2 saturated heterocycles. The van der Waals surface area contributed by atoms with Crippen molar-refractivity contribution in [2.45, 2.75) is 31.8 Å². The molecule has 0 bridgehead atoms. The van der Waals surface area contributed by atoms with E-state index in [1.165, 1.54) is 11.1 Å². The molecule has 6 rings (SSSR count). The molecule has 0 N–H and O–H groups in total. The van der Waals surface area contributed by atoms with Crippen LogP contribution < -0.4 is 14.2 Å². The number of ether oxygens (including phenoxy) is 3. The maximum absolute atomic E-state index is 13.3. The number of fused-ring (bicyclic) bond motifs is 2. The Morgan fingerprint density at radius 2 is 1.59 bits per heavy atom. The standard InChI is InChI=1S/C27H33N3O4/c31-27(30-8-1-2-23(30)21-4-6-25-26(17-21)34-15-14-33-25)19-29-11-9-28(10-12-29)18-20-3-5-24-22(16-20)7-13-32-24/h3-6,16-17,23H,1-2,7-15,18-19H2/t23-/m1/s1. The van der Waals surface area contributed by atoms with Crippen molar-refractivity contribution in [3.63, 3.8) is 0 Å². The summed E-state index contributed by atoms with van der Waals surface area (Å²) in [5.74, 6) is 2.89. The Bertz CT molecular complexity index is 1050. The second-order valence-corrected chi connectivity index (χ2v) is 9.74. The maximum Gasteiger partial charge on any atom is 0.237 e. The molecule has 0 unspecified atom stereocenters. The van der Waals surface area contributed by atoms with Crippen LogP contribution in [0.5, 0.6) is 17.2 Å². The van der Waals surface area contributed by atoms with E-state index in [2.05, 4.69) is 45.0 Å². The molecule has 34 heavy (non-hydrogen) atoms. The normalized spacial score (nSPS) is 22.5. The van der Waals surface area contributed by atoms with Gasteiger partial charge in [-0.25, -0.2) is 0 Å². The largest absolute Gasteiger partial charge is 0.493 e. The summed E-state index contributed by atoms with van der Waals surface area (Å²) in [5, 5.41) is 0. The molecular formula is C27H33N3O4. The van der Waals surface area contributed by atoms with E-state index in [4.69, 9.17) is 14.2 Å². The average molecular weight is 464 g/mol. The Morgan fingerprint density at radius 3 is 2.47 bits per heavy atom. The van der Waals surface area contributed by atoms with Gasteiger partial charge in [-0.1, -0.05) is 18.2 Å². The van der Waals surface area contributed by atoms with Crippen LogP contribution in [0.15, 0.2) is 36.4 Å². The number of hydrogen-bond acceptors (Lipinski definition) is 6. The zero-order valence-electron chi connectivity index (χ0n) is 19.7. The lowest BCUT2D eigenvalue weighted by molar-refractivity contribution is -0.133. The van der Waals surface area contributed by atoms with E-state index in [1.807, 2.05) is 6.07 Å². The van der Waals surface area contributed by atoms with Gasteiger partial charge in [0.05, 0.1) is 19.2 Å². The Labute approximate surface area is 201 Å². The van der Waals surface area contributed by atoms with Crippen LogP contribution in [0.3, 0.4) is 0 Å². The Morgan fingerprint density at radius 1 is 0.824 bits per heavy atom. The Kier molecular flexibility index (Phi) is 6.05. The minimum atomic E-state index is 0.133. The van der Waals surface area contributed by atoms with Gasteiger partial charge in [0.1, 0.15) is 19.0 Å². The first kappa shape index (κ1) is 21.7. The zero-order chi connectivity index (χ0) is 22.9. The lowest BCUT2D eigenvalue weighted by atomic mass is 10.0. The Hall–Kier alpha value is -2.77. The molecular weight excluding hydrogens is 430 g/mol.